The van der Waals surface area contributed by atoms with E-state index in [1.807, 2.05) is 18.3 Å². The lowest BCUT2D eigenvalue weighted by atomic mass is 10.1. The first-order valence-corrected chi connectivity index (χ1v) is 11.0. The summed E-state index contributed by atoms with van der Waals surface area (Å²) >= 11 is 3.63. The molecule has 2 N–H and O–H groups in total. The van der Waals surface area contributed by atoms with Crippen LogP contribution in [0.15, 0.2) is 16.4 Å². The quantitative estimate of drug-likeness (QED) is 0.345. The Labute approximate surface area is 187 Å². The van der Waals surface area contributed by atoms with Crippen molar-refractivity contribution >= 4 is 52.6 Å². The molecule has 1 aliphatic rings. The van der Waals surface area contributed by atoms with E-state index in [4.69, 9.17) is 4.99 Å². The van der Waals surface area contributed by atoms with Gasteiger partial charge in [0.2, 0.25) is 0 Å². The fraction of sp³-hybridized carbons (Fsp3) is 0.579. The van der Waals surface area contributed by atoms with Gasteiger partial charge in [0, 0.05) is 42.0 Å². The van der Waals surface area contributed by atoms with E-state index < -0.39 is 0 Å². The second kappa shape index (κ2) is 10.7. The van der Waals surface area contributed by atoms with Crippen LogP contribution < -0.4 is 10.6 Å². The molecule has 8 heteroatoms. The molecule has 0 aliphatic carbocycles. The number of nitrogens with one attached hydrogen (secondary N) is 2. The van der Waals surface area contributed by atoms with E-state index in [0.717, 1.165) is 42.8 Å². The maximum Gasteiger partial charge on any atom is 0.191 e. The van der Waals surface area contributed by atoms with E-state index in [0.29, 0.717) is 12.6 Å². The number of aryl methyl sites for hydroxylation is 2. The zero-order valence-corrected chi connectivity index (χ0v) is 20.5. The second-order valence-electron chi connectivity index (χ2n) is 6.76. The molecule has 2 aromatic rings. The van der Waals surface area contributed by atoms with Crippen LogP contribution >= 0.6 is 46.7 Å². The molecule has 2 aromatic heterocycles. The number of aromatic nitrogens is 1. The molecule has 5 nitrogen and oxygen atoms in total. The van der Waals surface area contributed by atoms with Gasteiger partial charge in [-0.05, 0) is 51.1 Å². The van der Waals surface area contributed by atoms with Crippen LogP contribution in [0.2, 0.25) is 0 Å². The van der Waals surface area contributed by atoms with Gasteiger partial charge in [-0.3, -0.25) is 4.90 Å². The minimum absolute atomic E-state index is 0. The summed E-state index contributed by atoms with van der Waals surface area (Å²) in [5.74, 6) is 0.887. The molecule has 3 heterocycles. The third kappa shape index (κ3) is 6.13. The van der Waals surface area contributed by atoms with Crippen LogP contribution in [0.5, 0.6) is 0 Å². The zero-order valence-electron chi connectivity index (χ0n) is 16.5. The maximum absolute atomic E-state index is 4.75. The van der Waals surface area contributed by atoms with Crippen LogP contribution in [0.3, 0.4) is 0 Å². The topological polar surface area (TPSA) is 52.6 Å². The Balaban J connectivity index is 0.00000261. The first kappa shape index (κ1) is 22.6. The lowest BCUT2D eigenvalue weighted by Crippen LogP contribution is -2.47. The van der Waals surface area contributed by atoms with Crippen LogP contribution in [0.1, 0.15) is 39.9 Å². The first-order valence-electron chi connectivity index (χ1n) is 9.31. The van der Waals surface area contributed by atoms with Crippen molar-refractivity contribution in [2.45, 2.75) is 53.2 Å². The molecule has 3 rings (SSSR count). The van der Waals surface area contributed by atoms with E-state index >= 15 is 0 Å². The number of fused-ring (bicyclic) bond motifs is 1. The largest absolute Gasteiger partial charge is 0.357 e. The Hall–Kier alpha value is -0.710. The summed E-state index contributed by atoms with van der Waals surface area (Å²) in [6, 6.07) is 2.75. The van der Waals surface area contributed by atoms with Gasteiger partial charge in [0.05, 0.1) is 17.2 Å². The van der Waals surface area contributed by atoms with Gasteiger partial charge < -0.3 is 10.6 Å². The highest BCUT2D eigenvalue weighted by molar-refractivity contribution is 14.0. The first-order chi connectivity index (χ1) is 12.6. The van der Waals surface area contributed by atoms with Gasteiger partial charge in [-0.15, -0.1) is 46.7 Å². The van der Waals surface area contributed by atoms with Gasteiger partial charge >= 0.3 is 0 Å². The van der Waals surface area contributed by atoms with Gasteiger partial charge in [0.25, 0.3) is 0 Å². The number of rotatable bonds is 6. The summed E-state index contributed by atoms with van der Waals surface area (Å²) in [4.78, 5) is 14.6. The molecular formula is C19H30IN5S2. The minimum atomic E-state index is 0. The van der Waals surface area contributed by atoms with E-state index in [1.54, 1.807) is 16.2 Å². The summed E-state index contributed by atoms with van der Waals surface area (Å²) in [7, 11) is 0. The number of nitrogens with zero attached hydrogens (tertiary/aromatic N) is 3. The zero-order chi connectivity index (χ0) is 18.5. The van der Waals surface area contributed by atoms with Crippen LogP contribution in [-0.2, 0) is 19.5 Å². The maximum atomic E-state index is 4.75. The Bertz CT molecular complexity index is 755. The van der Waals surface area contributed by atoms with Gasteiger partial charge in [-0.1, -0.05) is 0 Å². The molecule has 0 saturated carbocycles. The predicted octanol–water partition coefficient (Wildman–Crippen LogP) is 3.94. The number of hydrogen-bond acceptors (Lipinski definition) is 5. The SMILES string of the molecule is CCNC(=NCc1sc(C)nc1C)NCC(C)N1CCc2sccc2C1.I. The molecule has 0 saturated heterocycles. The fourth-order valence-electron chi connectivity index (χ4n) is 3.23. The van der Waals surface area contributed by atoms with Crippen molar-refractivity contribution in [3.63, 3.8) is 0 Å². The minimum Gasteiger partial charge on any atom is -0.357 e. The summed E-state index contributed by atoms with van der Waals surface area (Å²) in [6.07, 6.45) is 1.18. The van der Waals surface area contributed by atoms with Crippen LogP contribution in [0, 0.1) is 13.8 Å². The van der Waals surface area contributed by atoms with Crippen LogP contribution in [-0.4, -0.2) is 41.5 Å². The fourth-order valence-corrected chi connectivity index (χ4v) is 4.98. The molecule has 0 bridgehead atoms. The van der Waals surface area contributed by atoms with Crippen LogP contribution in [0.25, 0.3) is 0 Å². The molecule has 0 amide bonds. The molecule has 150 valence electrons. The molecule has 1 unspecified atom stereocenters. The number of thiazole rings is 1. The van der Waals surface area contributed by atoms with Crippen molar-refractivity contribution in [1.82, 2.24) is 20.5 Å². The van der Waals surface area contributed by atoms with Crippen molar-refractivity contribution in [2.75, 3.05) is 19.6 Å². The van der Waals surface area contributed by atoms with Crippen LogP contribution in [0.4, 0.5) is 0 Å². The summed E-state index contributed by atoms with van der Waals surface area (Å²) < 4.78 is 0. The smallest absolute Gasteiger partial charge is 0.191 e. The Morgan fingerprint density at radius 1 is 1.37 bits per heavy atom. The molecule has 0 radical (unpaired) electrons. The van der Waals surface area contributed by atoms with Gasteiger partial charge in [-0.2, -0.15) is 0 Å². The highest BCUT2D eigenvalue weighted by Crippen LogP contribution is 2.25. The standard InChI is InChI=1S/C19H29N5S2.HI/c1-5-20-19(22-11-18-14(3)23-15(4)26-18)21-10-13(2)24-8-6-17-16(12-24)7-9-25-17;/h7,9,13H,5-6,8,10-12H2,1-4H3,(H2,20,21,22);1H. The van der Waals surface area contributed by atoms with Crippen molar-refractivity contribution in [3.05, 3.63) is 37.5 Å². The van der Waals surface area contributed by atoms with Crippen molar-refractivity contribution in [2.24, 2.45) is 4.99 Å². The highest BCUT2D eigenvalue weighted by Gasteiger charge is 2.21. The Morgan fingerprint density at radius 2 is 2.19 bits per heavy atom. The number of guanidine groups is 1. The lowest BCUT2D eigenvalue weighted by molar-refractivity contribution is 0.192. The molecule has 0 aromatic carbocycles. The van der Waals surface area contributed by atoms with E-state index in [2.05, 4.69) is 52.7 Å². The summed E-state index contributed by atoms with van der Waals surface area (Å²) in [6.45, 7) is 13.2. The van der Waals surface area contributed by atoms with Gasteiger partial charge in [0.15, 0.2) is 5.96 Å². The lowest BCUT2D eigenvalue weighted by Gasteiger charge is -2.32. The highest BCUT2D eigenvalue weighted by atomic mass is 127. The third-order valence-electron chi connectivity index (χ3n) is 4.75. The third-order valence-corrected chi connectivity index (χ3v) is 6.83. The normalized spacial score (nSPS) is 15.8. The number of halogens is 1. The number of hydrogen-bond donors (Lipinski definition) is 2. The van der Waals surface area contributed by atoms with E-state index in [1.165, 1.54) is 16.9 Å². The predicted molar refractivity (Wildman–Crippen MR) is 128 cm³/mol. The van der Waals surface area contributed by atoms with Crippen molar-refractivity contribution < 1.29 is 0 Å². The molecule has 27 heavy (non-hydrogen) atoms. The molecule has 0 spiro atoms. The molecular weight excluding hydrogens is 489 g/mol. The summed E-state index contributed by atoms with van der Waals surface area (Å²) in [5.41, 5.74) is 2.60. The molecule has 1 aliphatic heterocycles. The average Bonchev–Trinajstić information content (AvgIpc) is 3.22. The van der Waals surface area contributed by atoms with Gasteiger partial charge in [0.1, 0.15) is 0 Å². The van der Waals surface area contributed by atoms with Crippen molar-refractivity contribution in [1.29, 1.82) is 0 Å². The van der Waals surface area contributed by atoms with Crippen molar-refractivity contribution in [3.8, 4) is 0 Å². The summed E-state index contributed by atoms with van der Waals surface area (Å²) in [5, 5.41) is 10.2. The van der Waals surface area contributed by atoms with E-state index in [-0.39, 0.29) is 24.0 Å². The van der Waals surface area contributed by atoms with E-state index in [9.17, 15) is 0 Å². The second-order valence-corrected chi connectivity index (χ2v) is 9.04. The average molecular weight is 520 g/mol. The Kier molecular flexibility index (Phi) is 8.97. The monoisotopic (exact) mass is 519 g/mol. The van der Waals surface area contributed by atoms with Gasteiger partial charge in [-0.25, -0.2) is 9.98 Å². The molecule has 1 atom stereocenters. The number of aliphatic imine (C=N–C) groups is 1. The number of thiophene rings is 1. The molecule has 0 fully saturated rings. The Morgan fingerprint density at radius 3 is 2.89 bits per heavy atom.